The van der Waals surface area contributed by atoms with Gasteiger partial charge >= 0.3 is 0 Å². The van der Waals surface area contributed by atoms with Crippen LogP contribution in [0.3, 0.4) is 0 Å². The Morgan fingerprint density at radius 2 is 1.77 bits per heavy atom. The molecule has 2 atom stereocenters. The molecule has 4 nitrogen and oxygen atoms in total. The van der Waals surface area contributed by atoms with Gasteiger partial charge in [-0.25, -0.2) is 0 Å². The molecule has 0 aliphatic carbocycles. The topological polar surface area (TPSA) is 53.7 Å². The number of ether oxygens (including phenoxy) is 3. The van der Waals surface area contributed by atoms with Gasteiger partial charge in [0, 0.05) is 12.8 Å². The minimum Gasteiger partial charge on any atom is -0.490 e. The van der Waals surface area contributed by atoms with E-state index in [1.54, 1.807) is 0 Å². The maximum absolute atomic E-state index is 6.43. The Morgan fingerprint density at radius 1 is 0.955 bits per heavy atom. The first-order valence-electron chi connectivity index (χ1n) is 7.71. The number of para-hydroxylation sites is 1. The molecule has 114 valence electrons. The number of nitrogens with two attached hydrogens (primary N) is 1. The van der Waals surface area contributed by atoms with Crippen molar-refractivity contribution in [1.82, 2.24) is 0 Å². The van der Waals surface area contributed by atoms with Crippen LogP contribution in [0.2, 0.25) is 0 Å². The summed E-state index contributed by atoms with van der Waals surface area (Å²) in [6, 6.07) is 13.8. The summed E-state index contributed by atoms with van der Waals surface area (Å²) >= 11 is 0. The normalized spacial score (nSPS) is 20.7. The minimum atomic E-state index is -0.190. The van der Waals surface area contributed by atoms with Crippen molar-refractivity contribution in [2.75, 3.05) is 13.2 Å². The fraction of sp³-hybridized carbons (Fsp3) is 0.333. The average molecular weight is 297 g/mol. The van der Waals surface area contributed by atoms with Crippen molar-refractivity contribution in [3.05, 3.63) is 53.6 Å². The van der Waals surface area contributed by atoms with E-state index in [-0.39, 0.29) is 12.1 Å². The number of hydrogen-bond acceptors (Lipinski definition) is 4. The van der Waals surface area contributed by atoms with Gasteiger partial charge in [-0.2, -0.15) is 0 Å². The summed E-state index contributed by atoms with van der Waals surface area (Å²) in [6.07, 6.45) is 1.70. The predicted octanol–water partition coefficient (Wildman–Crippen LogP) is 2.85. The van der Waals surface area contributed by atoms with Gasteiger partial charge in [-0.3, -0.25) is 0 Å². The average Bonchev–Trinajstić information content (AvgIpc) is 2.85. The first-order chi connectivity index (χ1) is 10.8. The molecule has 0 aromatic heterocycles. The molecular weight excluding hydrogens is 278 g/mol. The molecule has 2 aromatic rings. The Bertz CT molecular complexity index is 661. The van der Waals surface area contributed by atoms with Crippen molar-refractivity contribution in [3.8, 4) is 17.2 Å². The fourth-order valence-corrected chi connectivity index (χ4v) is 3.01. The fourth-order valence-electron chi connectivity index (χ4n) is 3.01. The Morgan fingerprint density at radius 3 is 2.64 bits per heavy atom. The quantitative estimate of drug-likeness (QED) is 0.926. The number of rotatable bonds is 2. The van der Waals surface area contributed by atoms with Crippen LogP contribution in [-0.2, 0) is 6.42 Å². The number of hydrogen-bond donors (Lipinski definition) is 1. The van der Waals surface area contributed by atoms with Crippen molar-refractivity contribution < 1.29 is 14.2 Å². The van der Waals surface area contributed by atoms with E-state index in [0.717, 1.165) is 35.7 Å². The van der Waals surface area contributed by atoms with E-state index in [4.69, 9.17) is 19.9 Å². The molecule has 4 rings (SSSR count). The maximum atomic E-state index is 6.43. The van der Waals surface area contributed by atoms with Gasteiger partial charge < -0.3 is 19.9 Å². The molecule has 0 saturated carbocycles. The highest BCUT2D eigenvalue weighted by Crippen LogP contribution is 2.36. The molecule has 0 saturated heterocycles. The molecule has 0 bridgehead atoms. The van der Waals surface area contributed by atoms with Gasteiger partial charge in [0.25, 0.3) is 0 Å². The molecule has 2 unspecified atom stereocenters. The smallest absolute Gasteiger partial charge is 0.161 e. The number of fused-ring (bicyclic) bond motifs is 2. The lowest BCUT2D eigenvalue weighted by Crippen LogP contribution is -2.30. The molecule has 0 radical (unpaired) electrons. The van der Waals surface area contributed by atoms with Crippen LogP contribution >= 0.6 is 0 Å². The van der Waals surface area contributed by atoms with Crippen LogP contribution in [0.5, 0.6) is 17.2 Å². The molecule has 2 aliphatic rings. The second kappa shape index (κ2) is 5.54. The van der Waals surface area contributed by atoms with Crippen LogP contribution in [0.25, 0.3) is 0 Å². The molecule has 2 N–H and O–H groups in total. The highest BCUT2D eigenvalue weighted by molar-refractivity contribution is 5.45. The van der Waals surface area contributed by atoms with E-state index in [2.05, 4.69) is 6.07 Å². The van der Waals surface area contributed by atoms with E-state index in [1.807, 2.05) is 36.4 Å². The van der Waals surface area contributed by atoms with Gasteiger partial charge in [0.2, 0.25) is 0 Å². The first kappa shape index (κ1) is 13.5. The van der Waals surface area contributed by atoms with Gasteiger partial charge in [0.05, 0.1) is 19.3 Å². The van der Waals surface area contributed by atoms with Crippen molar-refractivity contribution >= 4 is 0 Å². The summed E-state index contributed by atoms with van der Waals surface area (Å²) in [5.74, 6) is 2.52. The van der Waals surface area contributed by atoms with Crippen LogP contribution in [0.15, 0.2) is 42.5 Å². The Hall–Kier alpha value is -2.20. The van der Waals surface area contributed by atoms with Crippen molar-refractivity contribution in [2.45, 2.75) is 25.0 Å². The summed E-state index contributed by atoms with van der Waals surface area (Å²) in [7, 11) is 0. The van der Waals surface area contributed by atoms with Gasteiger partial charge in [-0.1, -0.05) is 24.3 Å². The standard InChI is InChI=1S/C18H19NO3/c19-18(17-10-12-4-1-2-5-14(12)22-17)13-6-7-15-16(11-13)21-9-3-8-20-15/h1-2,4-7,11,17-18H,3,8-10,19H2. The van der Waals surface area contributed by atoms with E-state index in [1.165, 1.54) is 5.56 Å². The Balaban J connectivity index is 1.56. The van der Waals surface area contributed by atoms with Gasteiger partial charge in [-0.15, -0.1) is 0 Å². The summed E-state index contributed by atoms with van der Waals surface area (Å²) < 4.78 is 17.4. The van der Waals surface area contributed by atoms with Crippen LogP contribution in [-0.4, -0.2) is 19.3 Å². The van der Waals surface area contributed by atoms with E-state index in [0.29, 0.717) is 13.2 Å². The van der Waals surface area contributed by atoms with Crippen LogP contribution < -0.4 is 19.9 Å². The summed E-state index contributed by atoms with van der Waals surface area (Å²) in [6.45, 7) is 1.37. The second-order valence-corrected chi connectivity index (χ2v) is 5.75. The highest BCUT2D eigenvalue weighted by Gasteiger charge is 2.29. The van der Waals surface area contributed by atoms with E-state index in [9.17, 15) is 0 Å². The lowest BCUT2D eigenvalue weighted by molar-refractivity contribution is 0.199. The van der Waals surface area contributed by atoms with Gasteiger partial charge in [-0.05, 0) is 29.3 Å². The third-order valence-electron chi connectivity index (χ3n) is 4.23. The molecule has 2 heterocycles. The monoisotopic (exact) mass is 297 g/mol. The molecule has 0 spiro atoms. The zero-order chi connectivity index (χ0) is 14.9. The summed E-state index contributed by atoms with van der Waals surface area (Å²) in [5, 5.41) is 0. The van der Waals surface area contributed by atoms with Crippen molar-refractivity contribution in [1.29, 1.82) is 0 Å². The Kier molecular flexibility index (Phi) is 3.39. The molecule has 0 amide bonds. The summed E-state index contributed by atoms with van der Waals surface area (Å²) in [4.78, 5) is 0. The molecule has 0 fully saturated rings. The van der Waals surface area contributed by atoms with Gasteiger partial charge in [0.1, 0.15) is 11.9 Å². The first-order valence-corrected chi connectivity index (χ1v) is 7.71. The SMILES string of the molecule is NC(c1ccc2c(c1)OCCCO2)C1Cc2ccccc2O1. The van der Waals surface area contributed by atoms with Gasteiger partial charge in [0.15, 0.2) is 11.5 Å². The third-order valence-corrected chi connectivity index (χ3v) is 4.23. The van der Waals surface area contributed by atoms with Crippen LogP contribution in [0.4, 0.5) is 0 Å². The zero-order valence-electron chi connectivity index (χ0n) is 12.3. The van der Waals surface area contributed by atoms with E-state index < -0.39 is 0 Å². The zero-order valence-corrected chi connectivity index (χ0v) is 12.3. The summed E-state index contributed by atoms with van der Waals surface area (Å²) in [5.41, 5.74) is 8.67. The van der Waals surface area contributed by atoms with Crippen LogP contribution in [0, 0.1) is 0 Å². The van der Waals surface area contributed by atoms with Crippen molar-refractivity contribution in [3.63, 3.8) is 0 Å². The molecule has 2 aromatic carbocycles. The lowest BCUT2D eigenvalue weighted by Gasteiger charge is -2.20. The van der Waals surface area contributed by atoms with Crippen LogP contribution in [0.1, 0.15) is 23.6 Å². The Labute approximate surface area is 129 Å². The minimum absolute atomic E-state index is 0.0397. The number of benzene rings is 2. The highest BCUT2D eigenvalue weighted by atomic mass is 16.5. The molecule has 22 heavy (non-hydrogen) atoms. The molecule has 2 aliphatic heterocycles. The van der Waals surface area contributed by atoms with Crippen molar-refractivity contribution in [2.24, 2.45) is 5.73 Å². The largest absolute Gasteiger partial charge is 0.490 e. The molecule has 4 heteroatoms. The predicted molar refractivity (Wildman–Crippen MR) is 83.5 cm³/mol. The lowest BCUT2D eigenvalue weighted by atomic mass is 9.98. The molecular formula is C18H19NO3. The second-order valence-electron chi connectivity index (χ2n) is 5.75. The van der Waals surface area contributed by atoms with E-state index >= 15 is 0 Å². The third kappa shape index (κ3) is 2.40. The maximum Gasteiger partial charge on any atom is 0.161 e.